The third kappa shape index (κ3) is 5.71. The SMILES string of the molecule is Cc1cc(Cl)ccc1NC(=O)COC(=O)/C=C/c1cccc([N+](=O)[O-])c1. The summed E-state index contributed by atoms with van der Waals surface area (Å²) in [5.74, 6) is -1.23. The number of esters is 1. The Bertz CT molecular complexity index is 880. The van der Waals surface area contributed by atoms with Crippen molar-refractivity contribution in [1.29, 1.82) is 0 Å². The average Bonchev–Trinajstić information content (AvgIpc) is 2.61. The van der Waals surface area contributed by atoms with Gasteiger partial charge in [0.1, 0.15) is 0 Å². The summed E-state index contributed by atoms with van der Waals surface area (Å²) in [4.78, 5) is 33.7. The molecule has 0 radical (unpaired) electrons. The number of nitro groups is 1. The fourth-order valence-corrected chi connectivity index (χ4v) is 2.27. The molecule has 134 valence electrons. The van der Waals surface area contributed by atoms with Crippen LogP contribution in [0.2, 0.25) is 5.02 Å². The first kappa shape index (κ1) is 19.1. The highest BCUT2D eigenvalue weighted by molar-refractivity contribution is 6.30. The minimum atomic E-state index is -0.737. The number of benzene rings is 2. The number of halogens is 1. The van der Waals surface area contributed by atoms with E-state index >= 15 is 0 Å². The van der Waals surface area contributed by atoms with Crippen LogP contribution in [-0.4, -0.2) is 23.4 Å². The van der Waals surface area contributed by atoms with Crippen LogP contribution in [0.3, 0.4) is 0 Å². The largest absolute Gasteiger partial charge is 0.452 e. The minimum absolute atomic E-state index is 0.0850. The smallest absolute Gasteiger partial charge is 0.331 e. The molecule has 0 bridgehead atoms. The molecule has 0 aliphatic heterocycles. The van der Waals surface area contributed by atoms with Crippen molar-refractivity contribution in [3.05, 3.63) is 74.8 Å². The number of nitrogens with zero attached hydrogens (tertiary/aromatic N) is 1. The maximum atomic E-state index is 11.8. The highest BCUT2D eigenvalue weighted by Gasteiger charge is 2.08. The number of nitrogens with one attached hydrogen (secondary N) is 1. The van der Waals surface area contributed by atoms with Crippen LogP contribution >= 0.6 is 11.6 Å². The Morgan fingerprint density at radius 3 is 2.73 bits per heavy atom. The first-order valence-corrected chi connectivity index (χ1v) is 7.88. The predicted octanol–water partition coefficient (Wildman–Crippen LogP) is 3.75. The van der Waals surface area contributed by atoms with E-state index in [1.807, 2.05) is 0 Å². The topological polar surface area (TPSA) is 98.5 Å². The van der Waals surface area contributed by atoms with Crippen LogP contribution in [0, 0.1) is 17.0 Å². The molecule has 26 heavy (non-hydrogen) atoms. The minimum Gasteiger partial charge on any atom is -0.452 e. The van der Waals surface area contributed by atoms with Gasteiger partial charge in [0.15, 0.2) is 6.61 Å². The Morgan fingerprint density at radius 1 is 1.27 bits per heavy atom. The Morgan fingerprint density at radius 2 is 2.04 bits per heavy atom. The number of hydrogen-bond donors (Lipinski definition) is 1. The second-order valence-corrected chi connectivity index (χ2v) is 5.74. The van der Waals surface area contributed by atoms with E-state index in [2.05, 4.69) is 5.32 Å². The van der Waals surface area contributed by atoms with Crippen LogP contribution in [-0.2, 0) is 14.3 Å². The standard InChI is InChI=1S/C18H15ClN2O5/c1-12-9-14(19)6-7-16(12)20-17(22)11-26-18(23)8-5-13-3-2-4-15(10-13)21(24)25/h2-10H,11H2,1H3,(H,20,22)/b8-5+. The van der Waals surface area contributed by atoms with Crippen molar-refractivity contribution in [3.8, 4) is 0 Å². The second-order valence-electron chi connectivity index (χ2n) is 5.30. The quantitative estimate of drug-likeness (QED) is 0.359. The summed E-state index contributed by atoms with van der Waals surface area (Å²) in [6.07, 6.45) is 2.47. The van der Waals surface area contributed by atoms with Crippen LogP contribution in [0.5, 0.6) is 0 Å². The summed E-state index contributed by atoms with van der Waals surface area (Å²) in [6.45, 7) is 1.33. The van der Waals surface area contributed by atoms with E-state index in [4.69, 9.17) is 16.3 Å². The number of ether oxygens (including phenoxy) is 1. The Hall–Kier alpha value is -3.19. The molecule has 2 aromatic carbocycles. The molecule has 8 heteroatoms. The molecule has 0 atom stereocenters. The van der Waals surface area contributed by atoms with Crippen molar-refractivity contribution in [3.63, 3.8) is 0 Å². The summed E-state index contributed by atoms with van der Waals surface area (Å²) < 4.78 is 4.84. The molecule has 0 saturated heterocycles. The zero-order valence-corrected chi connectivity index (χ0v) is 14.5. The third-order valence-electron chi connectivity index (χ3n) is 3.30. The maximum absolute atomic E-state index is 11.8. The molecule has 2 rings (SSSR count). The Balaban J connectivity index is 1.87. The van der Waals surface area contributed by atoms with Gasteiger partial charge >= 0.3 is 5.97 Å². The zero-order valence-electron chi connectivity index (χ0n) is 13.8. The number of anilines is 1. The van der Waals surface area contributed by atoms with Crippen LogP contribution in [0.4, 0.5) is 11.4 Å². The monoisotopic (exact) mass is 374 g/mol. The van der Waals surface area contributed by atoms with Crippen LogP contribution in [0.15, 0.2) is 48.5 Å². The van der Waals surface area contributed by atoms with Crippen LogP contribution in [0.25, 0.3) is 6.08 Å². The summed E-state index contributed by atoms with van der Waals surface area (Å²) in [6, 6.07) is 10.8. The lowest BCUT2D eigenvalue weighted by Crippen LogP contribution is -2.20. The van der Waals surface area contributed by atoms with Gasteiger partial charge in [-0.3, -0.25) is 14.9 Å². The van der Waals surface area contributed by atoms with Gasteiger partial charge < -0.3 is 10.1 Å². The molecule has 7 nitrogen and oxygen atoms in total. The molecule has 0 heterocycles. The fourth-order valence-electron chi connectivity index (χ4n) is 2.04. The number of carbonyl (C=O) groups is 2. The molecule has 1 N–H and O–H groups in total. The van der Waals surface area contributed by atoms with Gasteiger partial charge in [-0.05, 0) is 42.3 Å². The molecule has 2 aromatic rings. The number of nitro benzene ring substituents is 1. The van der Waals surface area contributed by atoms with E-state index < -0.39 is 23.4 Å². The number of non-ortho nitro benzene ring substituents is 1. The molecule has 0 aliphatic carbocycles. The molecule has 0 unspecified atom stereocenters. The molecule has 0 aliphatic rings. The van der Waals surface area contributed by atoms with Crippen molar-refractivity contribution >= 4 is 40.9 Å². The summed E-state index contributed by atoms with van der Waals surface area (Å²) in [5.41, 5.74) is 1.74. The average molecular weight is 375 g/mol. The first-order chi connectivity index (χ1) is 12.3. The van der Waals surface area contributed by atoms with Crippen LogP contribution in [0.1, 0.15) is 11.1 Å². The van der Waals surface area contributed by atoms with E-state index in [-0.39, 0.29) is 5.69 Å². The second kappa shape index (κ2) is 8.77. The molecule has 0 aromatic heterocycles. The number of carbonyl (C=O) groups excluding carboxylic acids is 2. The van der Waals surface area contributed by atoms with E-state index in [9.17, 15) is 19.7 Å². The maximum Gasteiger partial charge on any atom is 0.331 e. The zero-order chi connectivity index (χ0) is 19.1. The van der Waals surface area contributed by atoms with E-state index in [1.54, 1.807) is 31.2 Å². The third-order valence-corrected chi connectivity index (χ3v) is 3.54. The lowest BCUT2D eigenvalue weighted by molar-refractivity contribution is -0.384. The van der Waals surface area contributed by atoms with E-state index in [0.717, 1.165) is 11.6 Å². The highest BCUT2D eigenvalue weighted by Crippen LogP contribution is 2.19. The normalized spacial score (nSPS) is 10.5. The summed E-state index contributed by atoms with van der Waals surface area (Å²) in [7, 11) is 0. The molecule has 0 spiro atoms. The van der Waals surface area contributed by atoms with Gasteiger partial charge in [-0.2, -0.15) is 0 Å². The Labute approximate surface area is 154 Å². The molecular formula is C18H15ClN2O5. The predicted molar refractivity (Wildman–Crippen MR) is 97.9 cm³/mol. The van der Waals surface area contributed by atoms with Crippen molar-refractivity contribution in [1.82, 2.24) is 0 Å². The van der Waals surface area contributed by atoms with Gasteiger partial charge in [-0.25, -0.2) is 4.79 Å². The van der Waals surface area contributed by atoms with E-state index in [1.165, 1.54) is 24.3 Å². The lowest BCUT2D eigenvalue weighted by atomic mass is 10.2. The van der Waals surface area contributed by atoms with Gasteiger partial charge in [0.2, 0.25) is 0 Å². The molecule has 1 amide bonds. The first-order valence-electron chi connectivity index (χ1n) is 7.50. The van der Waals surface area contributed by atoms with E-state index in [0.29, 0.717) is 16.3 Å². The molecule has 0 saturated carbocycles. The fraction of sp³-hybridized carbons (Fsp3) is 0.111. The Kier molecular flexibility index (Phi) is 6.46. The van der Waals surface area contributed by atoms with Gasteiger partial charge in [0, 0.05) is 28.9 Å². The van der Waals surface area contributed by atoms with Crippen molar-refractivity contribution in [2.24, 2.45) is 0 Å². The van der Waals surface area contributed by atoms with Gasteiger partial charge in [0.05, 0.1) is 4.92 Å². The van der Waals surface area contributed by atoms with Crippen molar-refractivity contribution in [2.75, 3.05) is 11.9 Å². The summed E-state index contributed by atoms with van der Waals surface area (Å²) >= 11 is 5.84. The number of aryl methyl sites for hydroxylation is 1. The number of amides is 1. The van der Waals surface area contributed by atoms with Gasteiger partial charge in [-0.15, -0.1) is 0 Å². The highest BCUT2D eigenvalue weighted by atomic mass is 35.5. The number of hydrogen-bond acceptors (Lipinski definition) is 5. The molecule has 0 fully saturated rings. The van der Waals surface area contributed by atoms with Gasteiger partial charge in [0.25, 0.3) is 11.6 Å². The van der Waals surface area contributed by atoms with Crippen molar-refractivity contribution < 1.29 is 19.2 Å². The summed E-state index contributed by atoms with van der Waals surface area (Å²) in [5, 5.41) is 13.9. The van der Waals surface area contributed by atoms with Gasteiger partial charge in [-0.1, -0.05) is 23.7 Å². The van der Waals surface area contributed by atoms with Crippen molar-refractivity contribution in [2.45, 2.75) is 6.92 Å². The number of rotatable bonds is 6. The molecular weight excluding hydrogens is 360 g/mol. The van der Waals surface area contributed by atoms with Crippen LogP contribution < -0.4 is 5.32 Å². The lowest BCUT2D eigenvalue weighted by Gasteiger charge is -2.08.